The molecule has 1 unspecified atom stereocenters. The number of allylic oxidation sites excluding steroid dienone is 14. The van der Waals surface area contributed by atoms with Crippen LogP contribution < -0.4 is 0 Å². The van der Waals surface area contributed by atoms with Gasteiger partial charge in [-0.3, -0.25) is 14.4 Å². The highest BCUT2D eigenvalue weighted by Crippen LogP contribution is 2.16. The van der Waals surface area contributed by atoms with Crippen LogP contribution in [0, 0.1) is 0 Å². The Labute approximate surface area is 458 Å². The number of carbonyl (C=O) groups is 3. The fourth-order valence-electron chi connectivity index (χ4n) is 8.87. The lowest BCUT2D eigenvalue weighted by Crippen LogP contribution is -2.30. The second-order valence-electron chi connectivity index (χ2n) is 20.9. The van der Waals surface area contributed by atoms with Crippen LogP contribution in [-0.2, 0) is 28.6 Å². The van der Waals surface area contributed by atoms with Crippen LogP contribution >= 0.6 is 0 Å². The Morgan fingerprint density at radius 3 is 0.865 bits per heavy atom. The van der Waals surface area contributed by atoms with Crippen LogP contribution in [0.15, 0.2) is 85.1 Å². The third kappa shape index (κ3) is 59.5. The zero-order chi connectivity index (χ0) is 53.6. The molecule has 0 heterocycles. The zero-order valence-corrected chi connectivity index (χ0v) is 48.8. The largest absolute Gasteiger partial charge is 0.462 e. The molecule has 0 radical (unpaired) electrons. The van der Waals surface area contributed by atoms with Crippen molar-refractivity contribution in [3.8, 4) is 0 Å². The number of unbranched alkanes of at least 4 members (excludes halogenated alkanes) is 32. The molecule has 0 spiro atoms. The minimum Gasteiger partial charge on any atom is -0.462 e. The number of rotatable bonds is 57. The van der Waals surface area contributed by atoms with Crippen LogP contribution in [0.3, 0.4) is 0 Å². The SMILES string of the molecule is CC/C=C\C/C=C\C/C=C\C/C=C\C/C=C\CCCCCCCCCCCC(=O)OCC(COC(=O)CCCCCCC/C=C\CCCCC)OC(=O)CCCCCCCCCCC/C=C\CCCCCCCC. The van der Waals surface area contributed by atoms with Gasteiger partial charge in [-0.2, -0.15) is 0 Å². The predicted molar refractivity (Wildman–Crippen MR) is 321 cm³/mol. The molecule has 0 aromatic heterocycles. The van der Waals surface area contributed by atoms with E-state index in [0.717, 1.165) is 103 Å². The van der Waals surface area contributed by atoms with Crippen LogP contribution in [-0.4, -0.2) is 37.2 Å². The maximum atomic E-state index is 12.9. The van der Waals surface area contributed by atoms with Crippen molar-refractivity contribution in [3.05, 3.63) is 85.1 Å². The summed E-state index contributed by atoms with van der Waals surface area (Å²) < 4.78 is 16.9. The van der Waals surface area contributed by atoms with Gasteiger partial charge in [0.25, 0.3) is 0 Å². The molecule has 6 heteroatoms. The van der Waals surface area contributed by atoms with Gasteiger partial charge in [-0.25, -0.2) is 0 Å². The third-order valence-electron chi connectivity index (χ3n) is 13.6. The Balaban J connectivity index is 4.31. The first-order valence-electron chi connectivity index (χ1n) is 31.6. The van der Waals surface area contributed by atoms with Crippen LogP contribution in [0.25, 0.3) is 0 Å². The molecule has 6 nitrogen and oxygen atoms in total. The summed E-state index contributed by atoms with van der Waals surface area (Å²) in [4.78, 5) is 38.3. The van der Waals surface area contributed by atoms with Crippen molar-refractivity contribution in [2.75, 3.05) is 13.2 Å². The van der Waals surface area contributed by atoms with Crippen LogP contribution in [0.2, 0.25) is 0 Å². The second kappa shape index (κ2) is 62.1. The summed E-state index contributed by atoms with van der Waals surface area (Å²) >= 11 is 0. The van der Waals surface area contributed by atoms with Crippen molar-refractivity contribution < 1.29 is 28.6 Å². The molecular weight excluding hydrogens is 913 g/mol. The Bertz CT molecular complexity index is 1420. The lowest BCUT2D eigenvalue weighted by molar-refractivity contribution is -0.167. The fourth-order valence-corrected chi connectivity index (χ4v) is 8.87. The van der Waals surface area contributed by atoms with Crippen molar-refractivity contribution in [2.24, 2.45) is 0 Å². The maximum absolute atomic E-state index is 12.9. The van der Waals surface area contributed by atoms with Crippen molar-refractivity contribution >= 4 is 17.9 Å². The molecular formula is C68H118O6. The van der Waals surface area contributed by atoms with Gasteiger partial charge in [0.1, 0.15) is 13.2 Å². The monoisotopic (exact) mass is 1030 g/mol. The summed E-state index contributed by atoms with van der Waals surface area (Å²) in [6.07, 6.45) is 81.5. The molecule has 0 amide bonds. The van der Waals surface area contributed by atoms with E-state index in [0.29, 0.717) is 19.3 Å². The van der Waals surface area contributed by atoms with Crippen molar-refractivity contribution in [3.63, 3.8) is 0 Å². The molecule has 0 fully saturated rings. The summed E-state index contributed by atoms with van der Waals surface area (Å²) in [5, 5.41) is 0. The van der Waals surface area contributed by atoms with Crippen LogP contribution in [0.5, 0.6) is 0 Å². The molecule has 0 N–H and O–H groups in total. The van der Waals surface area contributed by atoms with E-state index in [4.69, 9.17) is 14.2 Å². The Hall–Kier alpha value is -3.41. The van der Waals surface area contributed by atoms with Gasteiger partial charge in [-0.1, -0.05) is 260 Å². The predicted octanol–water partition coefficient (Wildman–Crippen LogP) is 21.5. The first-order valence-corrected chi connectivity index (χ1v) is 31.6. The van der Waals surface area contributed by atoms with Crippen LogP contribution in [0.4, 0.5) is 0 Å². The minimum atomic E-state index is -0.784. The smallest absolute Gasteiger partial charge is 0.306 e. The summed E-state index contributed by atoms with van der Waals surface area (Å²) in [6, 6.07) is 0. The van der Waals surface area contributed by atoms with Crippen molar-refractivity contribution in [2.45, 2.75) is 316 Å². The number of carbonyl (C=O) groups excluding carboxylic acids is 3. The zero-order valence-electron chi connectivity index (χ0n) is 48.8. The van der Waals surface area contributed by atoms with E-state index in [9.17, 15) is 14.4 Å². The van der Waals surface area contributed by atoms with Gasteiger partial charge >= 0.3 is 17.9 Å². The number of esters is 3. The fraction of sp³-hybridized carbons (Fsp3) is 0.750. The highest BCUT2D eigenvalue weighted by atomic mass is 16.6. The van der Waals surface area contributed by atoms with E-state index >= 15 is 0 Å². The number of hydrogen-bond acceptors (Lipinski definition) is 6. The normalized spacial score (nSPS) is 12.6. The minimum absolute atomic E-state index is 0.0819. The summed E-state index contributed by atoms with van der Waals surface area (Å²) in [5.74, 6) is -0.888. The van der Waals surface area contributed by atoms with Gasteiger partial charge in [-0.15, -0.1) is 0 Å². The molecule has 0 rings (SSSR count). The molecule has 426 valence electrons. The Morgan fingerprint density at radius 2 is 0.527 bits per heavy atom. The highest BCUT2D eigenvalue weighted by molar-refractivity contribution is 5.71. The summed E-state index contributed by atoms with van der Waals surface area (Å²) in [7, 11) is 0. The van der Waals surface area contributed by atoms with Gasteiger partial charge in [0, 0.05) is 19.3 Å². The molecule has 0 bridgehead atoms. The summed E-state index contributed by atoms with van der Waals surface area (Å²) in [6.45, 7) is 6.51. The maximum Gasteiger partial charge on any atom is 0.306 e. The Morgan fingerprint density at radius 1 is 0.284 bits per heavy atom. The first-order chi connectivity index (χ1) is 36.5. The van der Waals surface area contributed by atoms with E-state index < -0.39 is 6.10 Å². The highest BCUT2D eigenvalue weighted by Gasteiger charge is 2.19. The van der Waals surface area contributed by atoms with Crippen molar-refractivity contribution in [1.29, 1.82) is 0 Å². The average molecular weight is 1030 g/mol. The molecule has 0 aromatic rings. The van der Waals surface area contributed by atoms with E-state index in [-0.39, 0.29) is 31.1 Å². The molecule has 74 heavy (non-hydrogen) atoms. The van der Waals surface area contributed by atoms with E-state index in [2.05, 4.69) is 106 Å². The second-order valence-corrected chi connectivity index (χ2v) is 20.9. The standard InChI is InChI=1S/C68H118O6/c1-4-7-10-13-16-19-22-25-27-29-31-32-33-34-35-36-38-39-41-43-46-49-52-55-58-61-67(70)73-64-65(63-72-66(69)60-57-54-51-48-45-24-21-18-15-12-9-6-3)74-68(71)62-59-56-53-50-47-44-42-40-37-30-28-26-23-20-17-14-11-8-5-2/h7,10,16,18-19,21,25-28,31-32,34-35,65H,4-6,8-9,11-15,17,20,22-24,29-30,33,36-64H2,1-3H3/b10-7-,19-16-,21-18-,27-25-,28-26-,32-31-,35-34-. The van der Waals surface area contributed by atoms with E-state index in [1.807, 2.05) is 0 Å². The molecule has 1 atom stereocenters. The average Bonchev–Trinajstić information content (AvgIpc) is 3.40. The lowest BCUT2D eigenvalue weighted by Gasteiger charge is -2.18. The van der Waals surface area contributed by atoms with Gasteiger partial charge < -0.3 is 14.2 Å². The number of ether oxygens (including phenoxy) is 3. The lowest BCUT2D eigenvalue weighted by atomic mass is 10.1. The van der Waals surface area contributed by atoms with Gasteiger partial charge in [0.2, 0.25) is 0 Å². The van der Waals surface area contributed by atoms with Gasteiger partial charge in [0.15, 0.2) is 6.10 Å². The first kappa shape index (κ1) is 70.6. The van der Waals surface area contributed by atoms with E-state index in [1.165, 1.54) is 167 Å². The molecule has 0 aliphatic carbocycles. The van der Waals surface area contributed by atoms with Crippen molar-refractivity contribution in [1.82, 2.24) is 0 Å². The molecule has 0 saturated heterocycles. The topological polar surface area (TPSA) is 78.9 Å². The molecule has 0 saturated carbocycles. The van der Waals surface area contributed by atoms with Gasteiger partial charge in [-0.05, 0) is 116 Å². The Kier molecular flexibility index (Phi) is 59.3. The van der Waals surface area contributed by atoms with E-state index in [1.54, 1.807) is 0 Å². The van der Waals surface area contributed by atoms with Crippen LogP contribution in [0.1, 0.15) is 310 Å². The molecule has 0 aliphatic rings. The number of hydrogen-bond donors (Lipinski definition) is 0. The van der Waals surface area contributed by atoms with Gasteiger partial charge in [0.05, 0.1) is 0 Å². The molecule has 0 aliphatic heterocycles. The summed E-state index contributed by atoms with van der Waals surface area (Å²) in [5.41, 5.74) is 0. The third-order valence-corrected chi connectivity index (χ3v) is 13.6. The quantitative estimate of drug-likeness (QED) is 0.0261. The molecule has 0 aromatic carbocycles.